The van der Waals surface area contributed by atoms with Gasteiger partial charge < -0.3 is 5.32 Å². The van der Waals surface area contributed by atoms with Gasteiger partial charge in [0, 0.05) is 12.3 Å². The number of amides is 1. The highest BCUT2D eigenvalue weighted by molar-refractivity contribution is 6.02. The quantitative estimate of drug-likeness (QED) is 0.857. The van der Waals surface area contributed by atoms with Crippen LogP contribution >= 0.6 is 0 Å². The van der Waals surface area contributed by atoms with E-state index in [1.54, 1.807) is 36.5 Å². The van der Waals surface area contributed by atoms with Crippen LogP contribution in [-0.2, 0) is 4.79 Å². The number of rotatable bonds is 3. The van der Waals surface area contributed by atoms with Crippen molar-refractivity contribution in [3.8, 4) is 0 Å². The second kappa shape index (κ2) is 5.91. The largest absolute Gasteiger partial charge is 0.321 e. The maximum atomic E-state index is 12.7. The number of aryl methyl sites for hydroxylation is 1. The summed E-state index contributed by atoms with van der Waals surface area (Å²) < 4.78 is 12.7. The number of hydrogen-bond donors (Lipinski definition) is 1. The van der Waals surface area contributed by atoms with Crippen LogP contribution in [0, 0.1) is 12.7 Å². The molecule has 0 saturated heterocycles. The van der Waals surface area contributed by atoms with E-state index in [0.717, 1.165) is 11.3 Å². The van der Waals surface area contributed by atoms with Crippen molar-refractivity contribution in [3.05, 3.63) is 65.7 Å². The molecule has 0 aliphatic carbocycles. The molecule has 0 bridgehead atoms. The normalized spacial score (nSPS) is 10.6. The average molecular weight is 256 g/mol. The molecule has 0 fully saturated rings. The molecule has 0 radical (unpaired) electrons. The first-order valence-corrected chi connectivity index (χ1v) is 5.81. The number of aromatic nitrogens is 1. The smallest absolute Gasteiger partial charge is 0.248 e. The molecular weight excluding hydrogens is 243 g/mol. The lowest BCUT2D eigenvalue weighted by molar-refractivity contribution is -0.111. The van der Waals surface area contributed by atoms with Crippen molar-refractivity contribution in [1.82, 2.24) is 4.98 Å². The standard InChI is InChI=1S/C15H13FN2O/c1-11-14(3-2-10-17-11)18-15(19)9-6-12-4-7-13(16)8-5-12/h2-10H,1H3,(H,18,19)/b9-6+. The molecule has 0 spiro atoms. The predicted octanol–water partition coefficient (Wildman–Crippen LogP) is 3.18. The molecule has 0 aliphatic rings. The van der Waals surface area contributed by atoms with Gasteiger partial charge in [-0.2, -0.15) is 0 Å². The van der Waals surface area contributed by atoms with E-state index in [4.69, 9.17) is 0 Å². The number of carbonyl (C=O) groups is 1. The number of nitrogens with zero attached hydrogens (tertiary/aromatic N) is 1. The zero-order valence-corrected chi connectivity index (χ0v) is 10.4. The minimum Gasteiger partial charge on any atom is -0.321 e. The number of carbonyl (C=O) groups excluding carboxylic acids is 1. The van der Waals surface area contributed by atoms with Gasteiger partial charge in [0.1, 0.15) is 5.82 Å². The Morgan fingerprint density at radius 3 is 2.68 bits per heavy atom. The van der Waals surface area contributed by atoms with Gasteiger partial charge >= 0.3 is 0 Å². The number of hydrogen-bond acceptors (Lipinski definition) is 2. The van der Waals surface area contributed by atoms with E-state index in [1.807, 2.05) is 6.92 Å². The topological polar surface area (TPSA) is 42.0 Å². The highest BCUT2D eigenvalue weighted by atomic mass is 19.1. The maximum absolute atomic E-state index is 12.7. The molecule has 0 atom stereocenters. The molecule has 2 aromatic rings. The zero-order chi connectivity index (χ0) is 13.7. The summed E-state index contributed by atoms with van der Waals surface area (Å²) in [5.74, 6) is -0.548. The van der Waals surface area contributed by atoms with Gasteiger partial charge in [-0.25, -0.2) is 4.39 Å². The summed E-state index contributed by atoms with van der Waals surface area (Å²) in [6, 6.07) is 9.45. The van der Waals surface area contributed by atoms with E-state index in [0.29, 0.717) is 5.69 Å². The van der Waals surface area contributed by atoms with Crippen molar-refractivity contribution in [2.75, 3.05) is 5.32 Å². The van der Waals surface area contributed by atoms with Crippen LogP contribution in [0.4, 0.5) is 10.1 Å². The first-order chi connectivity index (χ1) is 9.15. The first-order valence-electron chi connectivity index (χ1n) is 5.81. The van der Waals surface area contributed by atoms with Crippen LogP contribution in [0.1, 0.15) is 11.3 Å². The fourth-order valence-corrected chi connectivity index (χ4v) is 1.54. The number of nitrogens with one attached hydrogen (secondary N) is 1. The van der Waals surface area contributed by atoms with Crippen LogP contribution < -0.4 is 5.32 Å². The third-order valence-electron chi connectivity index (χ3n) is 2.56. The molecule has 96 valence electrons. The van der Waals surface area contributed by atoms with Gasteiger partial charge in [0.15, 0.2) is 0 Å². The molecule has 1 N–H and O–H groups in total. The maximum Gasteiger partial charge on any atom is 0.248 e. The Morgan fingerprint density at radius 1 is 1.26 bits per heavy atom. The molecule has 1 aromatic carbocycles. The zero-order valence-electron chi connectivity index (χ0n) is 10.4. The van der Waals surface area contributed by atoms with Crippen LogP contribution in [-0.4, -0.2) is 10.9 Å². The Hall–Kier alpha value is -2.49. The molecule has 3 nitrogen and oxygen atoms in total. The van der Waals surface area contributed by atoms with Gasteiger partial charge in [-0.1, -0.05) is 12.1 Å². The van der Waals surface area contributed by atoms with Crippen LogP contribution in [0.15, 0.2) is 48.7 Å². The summed E-state index contributed by atoms with van der Waals surface area (Å²) in [6.45, 7) is 1.82. The van der Waals surface area contributed by atoms with Gasteiger partial charge in [0.2, 0.25) is 5.91 Å². The summed E-state index contributed by atoms with van der Waals surface area (Å²) in [4.78, 5) is 15.8. The van der Waals surface area contributed by atoms with Crippen LogP contribution in [0.2, 0.25) is 0 Å². The summed E-state index contributed by atoms with van der Waals surface area (Å²) >= 11 is 0. The lowest BCUT2D eigenvalue weighted by Gasteiger charge is -2.04. The molecule has 2 rings (SSSR count). The van der Waals surface area contributed by atoms with Crippen LogP contribution in [0.25, 0.3) is 6.08 Å². The molecule has 19 heavy (non-hydrogen) atoms. The third kappa shape index (κ3) is 3.74. The predicted molar refractivity (Wildman–Crippen MR) is 73.0 cm³/mol. The van der Waals surface area contributed by atoms with Crippen LogP contribution in [0.5, 0.6) is 0 Å². The van der Waals surface area contributed by atoms with Crippen molar-refractivity contribution in [1.29, 1.82) is 0 Å². The van der Waals surface area contributed by atoms with Gasteiger partial charge in [0.05, 0.1) is 11.4 Å². The molecular formula is C15H13FN2O. The second-order valence-electron chi connectivity index (χ2n) is 4.01. The Balaban J connectivity index is 2.02. The molecule has 1 amide bonds. The monoisotopic (exact) mass is 256 g/mol. The summed E-state index contributed by atoms with van der Waals surface area (Å²) in [5.41, 5.74) is 2.20. The summed E-state index contributed by atoms with van der Waals surface area (Å²) in [7, 11) is 0. The third-order valence-corrected chi connectivity index (χ3v) is 2.56. The van der Waals surface area contributed by atoms with Crippen molar-refractivity contribution in [2.24, 2.45) is 0 Å². The SMILES string of the molecule is Cc1ncccc1NC(=O)/C=C/c1ccc(F)cc1. The Labute approximate surface area is 110 Å². The average Bonchev–Trinajstić information content (AvgIpc) is 2.41. The van der Waals surface area contributed by atoms with E-state index in [2.05, 4.69) is 10.3 Å². The van der Waals surface area contributed by atoms with Gasteiger partial charge in [-0.15, -0.1) is 0 Å². The van der Waals surface area contributed by atoms with Gasteiger partial charge in [-0.3, -0.25) is 9.78 Å². The van der Waals surface area contributed by atoms with Gasteiger partial charge in [0.25, 0.3) is 0 Å². The van der Waals surface area contributed by atoms with Gasteiger partial charge in [-0.05, 0) is 42.8 Å². The van der Waals surface area contributed by atoms with E-state index in [9.17, 15) is 9.18 Å². The lowest BCUT2D eigenvalue weighted by Crippen LogP contribution is -2.09. The Morgan fingerprint density at radius 2 is 2.00 bits per heavy atom. The van der Waals surface area contributed by atoms with Crippen molar-refractivity contribution < 1.29 is 9.18 Å². The highest BCUT2D eigenvalue weighted by Crippen LogP contribution is 2.10. The summed E-state index contributed by atoms with van der Waals surface area (Å²) in [5, 5.41) is 2.73. The van der Waals surface area contributed by atoms with Crippen molar-refractivity contribution in [2.45, 2.75) is 6.92 Å². The highest BCUT2D eigenvalue weighted by Gasteiger charge is 2.01. The second-order valence-corrected chi connectivity index (χ2v) is 4.01. The lowest BCUT2D eigenvalue weighted by atomic mass is 10.2. The first kappa shape index (κ1) is 13.0. The van der Waals surface area contributed by atoms with E-state index >= 15 is 0 Å². The van der Waals surface area contributed by atoms with Crippen molar-refractivity contribution in [3.63, 3.8) is 0 Å². The minimum absolute atomic E-state index is 0.250. The Kier molecular flexibility index (Phi) is 4.03. The minimum atomic E-state index is -0.299. The number of pyridine rings is 1. The molecule has 1 heterocycles. The molecule has 0 saturated carbocycles. The molecule has 0 unspecified atom stereocenters. The fourth-order valence-electron chi connectivity index (χ4n) is 1.54. The molecule has 1 aromatic heterocycles. The van der Waals surface area contributed by atoms with Crippen LogP contribution in [0.3, 0.4) is 0 Å². The van der Waals surface area contributed by atoms with E-state index in [1.165, 1.54) is 18.2 Å². The molecule has 4 heteroatoms. The Bertz CT molecular complexity index is 606. The van der Waals surface area contributed by atoms with Crippen molar-refractivity contribution >= 4 is 17.7 Å². The van der Waals surface area contributed by atoms with E-state index < -0.39 is 0 Å². The number of anilines is 1. The number of halogens is 1. The fraction of sp³-hybridized carbons (Fsp3) is 0.0667. The summed E-state index contributed by atoms with van der Waals surface area (Å²) in [6.07, 6.45) is 4.69. The van der Waals surface area contributed by atoms with E-state index in [-0.39, 0.29) is 11.7 Å². The number of benzene rings is 1. The molecule has 0 aliphatic heterocycles.